The van der Waals surface area contributed by atoms with Crippen LogP contribution >= 0.6 is 11.3 Å². The SMILES string of the molecule is C=CCCc1ccccc1-c1cccc(-c2ccccccc(-c3ccc4sc5c6c(C)c(/C=C\C)oc6c6ccccc6c5c4c3)c(=C/C)/c2=C\C)c1. The predicted octanol–water partition coefficient (Wildman–Crippen LogP) is 14.1. The van der Waals surface area contributed by atoms with E-state index in [1.54, 1.807) is 0 Å². The number of fused-ring (bicyclic) bond motifs is 8. The van der Waals surface area contributed by atoms with Crippen molar-refractivity contribution in [3.05, 3.63) is 173 Å². The zero-order chi connectivity index (χ0) is 37.2. The van der Waals surface area contributed by atoms with E-state index in [0.29, 0.717) is 0 Å². The highest BCUT2D eigenvalue weighted by Crippen LogP contribution is 2.47. The Kier molecular flexibility index (Phi) is 9.87. The first kappa shape index (κ1) is 35.1. The summed E-state index contributed by atoms with van der Waals surface area (Å²) in [6.45, 7) is 12.5. The average Bonchev–Trinajstić information content (AvgIpc) is 3.75. The molecule has 0 aliphatic heterocycles. The lowest BCUT2D eigenvalue weighted by Gasteiger charge is -2.12. The first-order valence-corrected chi connectivity index (χ1v) is 19.7. The minimum atomic E-state index is 0.929. The Hall–Kier alpha value is -5.96. The zero-order valence-corrected chi connectivity index (χ0v) is 32.3. The van der Waals surface area contributed by atoms with Crippen LogP contribution < -0.4 is 10.4 Å². The summed E-state index contributed by atoms with van der Waals surface area (Å²) in [5.74, 6) is 0.929. The van der Waals surface area contributed by atoms with Crippen molar-refractivity contribution in [1.82, 2.24) is 0 Å². The van der Waals surface area contributed by atoms with Crippen molar-refractivity contribution in [3.8, 4) is 33.4 Å². The lowest BCUT2D eigenvalue weighted by molar-refractivity contribution is 0.604. The Morgan fingerprint density at radius 2 is 1.24 bits per heavy atom. The average molecular weight is 717 g/mol. The highest BCUT2D eigenvalue weighted by Gasteiger charge is 2.20. The van der Waals surface area contributed by atoms with Gasteiger partial charge in [0.25, 0.3) is 0 Å². The van der Waals surface area contributed by atoms with Gasteiger partial charge < -0.3 is 4.42 Å². The molecule has 2 aromatic heterocycles. The van der Waals surface area contributed by atoms with Crippen molar-refractivity contribution in [2.75, 3.05) is 0 Å². The van der Waals surface area contributed by atoms with Crippen molar-refractivity contribution in [2.45, 2.75) is 40.5 Å². The van der Waals surface area contributed by atoms with E-state index in [-0.39, 0.29) is 0 Å². The van der Waals surface area contributed by atoms with E-state index in [2.05, 4.69) is 179 Å². The van der Waals surface area contributed by atoms with E-state index in [9.17, 15) is 0 Å². The van der Waals surface area contributed by atoms with Gasteiger partial charge in [0.1, 0.15) is 11.3 Å². The zero-order valence-electron chi connectivity index (χ0n) is 31.4. The molecule has 0 atom stereocenters. The number of hydrogen-bond donors (Lipinski definition) is 0. The molecule has 0 fully saturated rings. The molecule has 0 amide bonds. The topological polar surface area (TPSA) is 13.1 Å². The summed E-state index contributed by atoms with van der Waals surface area (Å²) in [4.78, 5) is 0. The number of hydrogen-bond acceptors (Lipinski definition) is 2. The fraction of sp³-hybridized carbons (Fsp3) is 0.115. The van der Waals surface area contributed by atoms with Gasteiger partial charge in [-0.25, -0.2) is 0 Å². The van der Waals surface area contributed by atoms with Crippen molar-refractivity contribution in [2.24, 2.45) is 0 Å². The molecular formula is C52H44OS. The molecule has 0 saturated carbocycles. The van der Waals surface area contributed by atoms with Gasteiger partial charge in [-0.15, -0.1) is 17.9 Å². The van der Waals surface area contributed by atoms with Crippen molar-refractivity contribution in [1.29, 1.82) is 0 Å². The molecular weight excluding hydrogens is 673 g/mol. The monoisotopic (exact) mass is 716 g/mol. The Morgan fingerprint density at radius 3 is 1.94 bits per heavy atom. The van der Waals surface area contributed by atoms with Crippen LogP contribution in [0.2, 0.25) is 0 Å². The fourth-order valence-corrected chi connectivity index (χ4v) is 9.37. The smallest absolute Gasteiger partial charge is 0.144 e. The summed E-state index contributed by atoms with van der Waals surface area (Å²) in [5, 5.41) is 8.58. The molecule has 0 saturated heterocycles. The van der Waals surface area contributed by atoms with E-state index in [1.165, 1.54) is 85.9 Å². The third-order valence-corrected chi connectivity index (χ3v) is 11.8. The third-order valence-electron chi connectivity index (χ3n) is 10.6. The molecule has 0 aliphatic carbocycles. The molecule has 8 rings (SSSR count). The normalized spacial score (nSPS) is 12.4. The maximum atomic E-state index is 6.55. The number of aryl methyl sites for hydroxylation is 2. The molecule has 0 radical (unpaired) electrons. The van der Waals surface area contributed by atoms with Gasteiger partial charge >= 0.3 is 0 Å². The molecule has 6 aromatic carbocycles. The van der Waals surface area contributed by atoms with Crippen LogP contribution in [0.5, 0.6) is 0 Å². The molecule has 1 nitrogen and oxygen atoms in total. The van der Waals surface area contributed by atoms with Gasteiger partial charge in [-0.1, -0.05) is 133 Å². The minimum absolute atomic E-state index is 0.929. The second-order valence-electron chi connectivity index (χ2n) is 13.8. The van der Waals surface area contributed by atoms with E-state index in [1.807, 2.05) is 24.3 Å². The fourth-order valence-electron chi connectivity index (χ4n) is 8.07. The van der Waals surface area contributed by atoms with Gasteiger partial charge in [-0.05, 0) is 120 Å². The van der Waals surface area contributed by atoms with Gasteiger partial charge in [0, 0.05) is 36.5 Å². The largest absolute Gasteiger partial charge is 0.456 e. The second kappa shape index (κ2) is 15.2. The molecule has 0 aliphatic rings. The summed E-state index contributed by atoms with van der Waals surface area (Å²) < 4.78 is 9.11. The molecule has 8 aromatic rings. The van der Waals surface area contributed by atoms with Crippen LogP contribution in [0.1, 0.15) is 44.1 Å². The minimum Gasteiger partial charge on any atom is -0.456 e. The van der Waals surface area contributed by atoms with Crippen molar-refractivity contribution < 1.29 is 4.42 Å². The van der Waals surface area contributed by atoms with Crippen LogP contribution in [0.4, 0.5) is 0 Å². The summed E-state index contributed by atoms with van der Waals surface area (Å²) in [5.41, 5.74) is 10.8. The van der Waals surface area contributed by atoms with Crippen LogP contribution in [0.25, 0.3) is 93.5 Å². The summed E-state index contributed by atoms with van der Waals surface area (Å²) >= 11 is 1.87. The van der Waals surface area contributed by atoms with E-state index in [0.717, 1.165) is 29.6 Å². The molecule has 0 unspecified atom stereocenters. The van der Waals surface area contributed by atoms with E-state index >= 15 is 0 Å². The molecule has 2 heterocycles. The highest BCUT2D eigenvalue weighted by molar-refractivity contribution is 7.27. The molecule has 0 N–H and O–H groups in total. The third kappa shape index (κ3) is 6.17. The molecule has 54 heavy (non-hydrogen) atoms. The summed E-state index contributed by atoms with van der Waals surface area (Å²) in [6, 6.07) is 46.6. The molecule has 0 spiro atoms. The van der Waals surface area contributed by atoms with Gasteiger partial charge in [-0.2, -0.15) is 0 Å². The van der Waals surface area contributed by atoms with Crippen molar-refractivity contribution >= 4 is 71.5 Å². The van der Waals surface area contributed by atoms with E-state index < -0.39 is 0 Å². The summed E-state index contributed by atoms with van der Waals surface area (Å²) in [7, 11) is 0. The standard InChI is InChI=1S/C52H44OS/c1-6-10-21-35-22-15-16-25-41(35)36-23-19-24-37(32-36)42-26-13-11-12-14-27-43(40(9-4)39(42)8-3)38-30-31-48-46(33-38)50-44-28-17-18-29-45(44)51-49(52(50)54-48)34(5)47(53-51)20-7-2/h6-9,11-20,22-33H,1,10,21H2,2-5H3/b13-11?,14-12?,20-7-,39-8+,40-9+,42-26?,43-27?. The van der Waals surface area contributed by atoms with Crippen LogP contribution in [0.15, 0.2) is 151 Å². The number of furan rings is 1. The van der Waals surface area contributed by atoms with Crippen molar-refractivity contribution in [3.63, 3.8) is 0 Å². The Morgan fingerprint density at radius 1 is 0.611 bits per heavy atom. The highest BCUT2D eigenvalue weighted by atomic mass is 32.1. The Bertz CT molecular complexity index is 2950. The first-order valence-electron chi connectivity index (χ1n) is 18.9. The number of benzene rings is 5. The molecule has 264 valence electrons. The van der Waals surface area contributed by atoms with E-state index in [4.69, 9.17) is 4.42 Å². The first-order chi connectivity index (χ1) is 26.6. The lowest BCUT2D eigenvalue weighted by atomic mass is 9.93. The Balaban J connectivity index is 1.38. The second-order valence-corrected chi connectivity index (χ2v) is 14.8. The van der Waals surface area contributed by atoms with Crippen LogP contribution in [0, 0.1) is 6.92 Å². The van der Waals surface area contributed by atoms with Gasteiger partial charge in [0.05, 0.1) is 0 Å². The van der Waals surface area contributed by atoms with Crippen LogP contribution in [-0.4, -0.2) is 0 Å². The lowest BCUT2D eigenvalue weighted by Crippen LogP contribution is -2.27. The number of thiophene rings is 1. The van der Waals surface area contributed by atoms with Crippen LogP contribution in [0.3, 0.4) is 0 Å². The maximum Gasteiger partial charge on any atom is 0.144 e. The molecule has 2 heteroatoms. The number of rotatable bonds is 7. The van der Waals surface area contributed by atoms with Crippen LogP contribution in [-0.2, 0) is 6.42 Å². The van der Waals surface area contributed by atoms with Gasteiger partial charge in [-0.3, -0.25) is 0 Å². The molecule has 0 bridgehead atoms. The summed E-state index contributed by atoms with van der Waals surface area (Å²) in [6.07, 6.45) is 12.6. The Labute approximate surface area is 321 Å². The number of allylic oxidation sites excluding steroid dienone is 2. The predicted molar refractivity (Wildman–Crippen MR) is 238 cm³/mol. The van der Waals surface area contributed by atoms with Gasteiger partial charge in [0.15, 0.2) is 0 Å². The maximum absolute atomic E-state index is 6.55. The quantitative estimate of drug-likeness (QED) is 0.150. The van der Waals surface area contributed by atoms with Gasteiger partial charge in [0.2, 0.25) is 0 Å².